The molecular formula is C12H17BrN2O2S. The topological polar surface area (TPSA) is 73.0 Å². The summed E-state index contributed by atoms with van der Waals surface area (Å²) in [4.78, 5) is 4.32. The van der Waals surface area contributed by atoms with Gasteiger partial charge in [-0.15, -0.1) is 0 Å². The number of hydrogen-bond donors (Lipinski definition) is 1. The first kappa shape index (κ1) is 14.0. The van der Waals surface area contributed by atoms with Gasteiger partial charge in [-0.2, -0.15) is 0 Å². The SMILES string of the molecule is NCC(Cc1ccc(Br)cn1)C1CCS(=O)(=O)C1. The maximum atomic E-state index is 11.5. The Morgan fingerprint density at radius 1 is 1.50 bits per heavy atom. The van der Waals surface area contributed by atoms with E-state index in [4.69, 9.17) is 5.73 Å². The van der Waals surface area contributed by atoms with Crippen LogP contribution >= 0.6 is 15.9 Å². The zero-order chi connectivity index (χ0) is 13.2. The summed E-state index contributed by atoms with van der Waals surface area (Å²) in [6.07, 6.45) is 3.25. The molecule has 0 radical (unpaired) electrons. The molecule has 1 aromatic rings. The summed E-state index contributed by atoms with van der Waals surface area (Å²) >= 11 is 3.34. The van der Waals surface area contributed by atoms with E-state index in [1.165, 1.54) is 0 Å². The van der Waals surface area contributed by atoms with Crippen molar-refractivity contribution >= 4 is 25.8 Å². The third kappa shape index (κ3) is 3.52. The Hall–Kier alpha value is -0.460. The van der Waals surface area contributed by atoms with Gasteiger partial charge in [0, 0.05) is 16.4 Å². The lowest BCUT2D eigenvalue weighted by atomic mass is 9.88. The van der Waals surface area contributed by atoms with E-state index in [-0.39, 0.29) is 17.6 Å². The van der Waals surface area contributed by atoms with E-state index in [1.54, 1.807) is 6.20 Å². The van der Waals surface area contributed by atoms with Gasteiger partial charge in [0.2, 0.25) is 0 Å². The molecule has 0 aliphatic carbocycles. The van der Waals surface area contributed by atoms with Crippen molar-refractivity contribution in [3.8, 4) is 0 Å². The highest BCUT2D eigenvalue weighted by Gasteiger charge is 2.33. The summed E-state index contributed by atoms with van der Waals surface area (Å²) in [6, 6.07) is 3.90. The van der Waals surface area contributed by atoms with Gasteiger partial charge in [0.25, 0.3) is 0 Å². The first-order valence-corrected chi connectivity index (χ1v) is 8.62. The van der Waals surface area contributed by atoms with Crippen LogP contribution in [0.2, 0.25) is 0 Å². The average molecular weight is 333 g/mol. The molecule has 0 spiro atoms. The van der Waals surface area contributed by atoms with Gasteiger partial charge in [0.1, 0.15) is 0 Å². The monoisotopic (exact) mass is 332 g/mol. The van der Waals surface area contributed by atoms with Crippen LogP contribution < -0.4 is 5.73 Å². The van der Waals surface area contributed by atoms with Crippen molar-refractivity contribution in [1.82, 2.24) is 4.98 Å². The highest BCUT2D eigenvalue weighted by molar-refractivity contribution is 9.10. The average Bonchev–Trinajstić information content (AvgIpc) is 2.69. The molecule has 1 saturated heterocycles. The normalized spacial score (nSPS) is 24.0. The Balaban J connectivity index is 2.04. The highest BCUT2D eigenvalue weighted by atomic mass is 79.9. The quantitative estimate of drug-likeness (QED) is 0.904. The third-order valence-electron chi connectivity index (χ3n) is 3.50. The molecule has 100 valence electrons. The van der Waals surface area contributed by atoms with Gasteiger partial charge in [-0.05, 0) is 59.3 Å². The van der Waals surface area contributed by atoms with Crippen LogP contribution in [0.15, 0.2) is 22.8 Å². The second kappa shape index (κ2) is 5.67. The molecule has 1 aliphatic rings. The van der Waals surface area contributed by atoms with E-state index >= 15 is 0 Å². The van der Waals surface area contributed by atoms with Crippen molar-refractivity contribution in [2.24, 2.45) is 17.6 Å². The molecule has 2 N–H and O–H groups in total. The van der Waals surface area contributed by atoms with Crippen molar-refractivity contribution < 1.29 is 8.42 Å². The lowest BCUT2D eigenvalue weighted by molar-refractivity contribution is 0.368. The fourth-order valence-electron chi connectivity index (χ4n) is 2.43. The number of nitrogens with zero attached hydrogens (tertiary/aromatic N) is 1. The molecule has 1 aliphatic heterocycles. The minimum atomic E-state index is -2.83. The number of nitrogens with two attached hydrogens (primary N) is 1. The summed E-state index contributed by atoms with van der Waals surface area (Å²) in [5, 5.41) is 0. The van der Waals surface area contributed by atoms with Crippen LogP contribution in [0.3, 0.4) is 0 Å². The van der Waals surface area contributed by atoms with Gasteiger partial charge in [0.05, 0.1) is 11.5 Å². The van der Waals surface area contributed by atoms with Gasteiger partial charge < -0.3 is 5.73 Å². The second-order valence-corrected chi connectivity index (χ2v) is 7.98. The fraction of sp³-hybridized carbons (Fsp3) is 0.583. The van der Waals surface area contributed by atoms with Crippen LogP contribution in [0.25, 0.3) is 0 Å². The highest BCUT2D eigenvalue weighted by Crippen LogP contribution is 2.27. The number of pyridine rings is 1. The lowest BCUT2D eigenvalue weighted by Gasteiger charge is -2.20. The Bertz CT molecular complexity index is 501. The summed E-state index contributed by atoms with van der Waals surface area (Å²) in [5.74, 6) is 0.981. The largest absolute Gasteiger partial charge is 0.330 e. The maximum absolute atomic E-state index is 11.5. The molecule has 1 fully saturated rings. The van der Waals surface area contributed by atoms with Crippen LogP contribution in [0, 0.1) is 11.8 Å². The van der Waals surface area contributed by atoms with E-state index in [0.29, 0.717) is 12.3 Å². The summed E-state index contributed by atoms with van der Waals surface area (Å²) in [5.41, 5.74) is 6.76. The molecule has 6 heteroatoms. The number of halogens is 1. The van der Waals surface area contributed by atoms with Gasteiger partial charge in [-0.1, -0.05) is 0 Å². The number of rotatable bonds is 4. The molecule has 2 rings (SSSR count). The van der Waals surface area contributed by atoms with Crippen molar-refractivity contribution in [2.45, 2.75) is 12.8 Å². The molecule has 18 heavy (non-hydrogen) atoms. The van der Waals surface area contributed by atoms with Gasteiger partial charge in [-0.25, -0.2) is 8.42 Å². The van der Waals surface area contributed by atoms with Crippen molar-refractivity contribution in [3.05, 3.63) is 28.5 Å². The summed E-state index contributed by atoms with van der Waals surface area (Å²) < 4.78 is 23.9. The number of sulfone groups is 1. The maximum Gasteiger partial charge on any atom is 0.150 e. The molecule has 1 aromatic heterocycles. The molecular weight excluding hydrogens is 316 g/mol. The third-order valence-corrected chi connectivity index (χ3v) is 5.76. The van der Waals surface area contributed by atoms with E-state index in [2.05, 4.69) is 20.9 Å². The Kier molecular flexibility index (Phi) is 4.40. The van der Waals surface area contributed by atoms with Gasteiger partial charge >= 0.3 is 0 Å². The van der Waals surface area contributed by atoms with Crippen LogP contribution in [-0.4, -0.2) is 31.5 Å². The molecule has 4 nitrogen and oxygen atoms in total. The Labute approximate surface area is 116 Å². The van der Waals surface area contributed by atoms with Crippen LogP contribution in [0.5, 0.6) is 0 Å². The molecule has 0 bridgehead atoms. The fourth-order valence-corrected chi connectivity index (χ4v) is 4.59. The van der Waals surface area contributed by atoms with E-state index < -0.39 is 9.84 Å². The Morgan fingerprint density at radius 2 is 2.28 bits per heavy atom. The minimum absolute atomic E-state index is 0.186. The minimum Gasteiger partial charge on any atom is -0.330 e. The summed E-state index contributed by atoms with van der Waals surface area (Å²) in [6.45, 7) is 0.512. The predicted molar refractivity (Wildman–Crippen MR) is 74.9 cm³/mol. The first-order valence-electron chi connectivity index (χ1n) is 6.01. The van der Waals surface area contributed by atoms with E-state index in [9.17, 15) is 8.42 Å². The zero-order valence-corrected chi connectivity index (χ0v) is 12.5. The molecule has 2 heterocycles. The van der Waals surface area contributed by atoms with Gasteiger partial charge in [0.15, 0.2) is 9.84 Å². The van der Waals surface area contributed by atoms with Crippen LogP contribution in [0.1, 0.15) is 12.1 Å². The number of aromatic nitrogens is 1. The summed E-state index contributed by atoms with van der Waals surface area (Å²) in [7, 11) is -2.83. The van der Waals surface area contributed by atoms with Crippen molar-refractivity contribution in [1.29, 1.82) is 0 Å². The molecule has 2 unspecified atom stereocenters. The first-order chi connectivity index (χ1) is 8.50. The zero-order valence-electron chi connectivity index (χ0n) is 10.0. The predicted octanol–water partition coefficient (Wildman–Crippen LogP) is 1.40. The molecule has 2 atom stereocenters. The van der Waals surface area contributed by atoms with Crippen molar-refractivity contribution in [3.63, 3.8) is 0 Å². The van der Waals surface area contributed by atoms with E-state index in [1.807, 2.05) is 12.1 Å². The van der Waals surface area contributed by atoms with Crippen LogP contribution in [0.4, 0.5) is 0 Å². The van der Waals surface area contributed by atoms with E-state index in [0.717, 1.165) is 23.0 Å². The van der Waals surface area contributed by atoms with Crippen LogP contribution in [-0.2, 0) is 16.3 Å². The van der Waals surface area contributed by atoms with Gasteiger partial charge in [-0.3, -0.25) is 4.98 Å². The number of hydrogen-bond acceptors (Lipinski definition) is 4. The molecule has 0 saturated carbocycles. The van der Waals surface area contributed by atoms with Crippen molar-refractivity contribution in [2.75, 3.05) is 18.1 Å². The smallest absolute Gasteiger partial charge is 0.150 e. The molecule has 0 amide bonds. The lowest BCUT2D eigenvalue weighted by Crippen LogP contribution is -2.26. The second-order valence-electron chi connectivity index (χ2n) is 4.83. The standard InChI is InChI=1S/C12H17BrN2O2S/c13-11-1-2-12(15-7-11)5-10(6-14)9-3-4-18(16,17)8-9/h1-2,7,9-10H,3-6,8,14H2. The molecule has 0 aromatic carbocycles. The Morgan fingerprint density at radius 3 is 2.78 bits per heavy atom.